The van der Waals surface area contributed by atoms with Crippen molar-refractivity contribution in [2.75, 3.05) is 0 Å². The third-order valence-electron chi connectivity index (χ3n) is 11.3. The lowest BCUT2D eigenvalue weighted by Gasteiger charge is -2.43. The van der Waals surface area contributed by atoms with Gasteiger partial charge in [-0.25, -0.2) is 0 Å². The Labute approximate surface area is 228 Å². The van der Waals surface area contributed by atoms with Gasteiger partial charge in [0.05, 0.1) is 5.92 Å². The van der Waals surface area contributed by atoms with Gasteiger partial charge in [-0.05, 0) is 117 Å². The van der Waals surface area contributed by atoms with Crippen LogP contribution in [0.2, 0.25) is 0 Å². The lowest BCUT2D eigenvalue weighted by atomic mass is 9.61. The molecule has 3 aliphatic rings. The molecule has 2 heteroatoms. The smallest absolute Gasteiger partial charge is 0.306 e. The van der Waals surface area contributed by atoms with Crippen molar-refractivity contribution < 1.29 is 9.90 Å². The van der Waals surface area contributed by atoms with Crippen LogP contribution >= 0.6 is 0 Å². The fourth-order valence-electron chi connectivity index (χ4n) is 8.93. The van der Waals surface area contributed by atoms with Crippen LogP contribution < -0.4 is 0 Å². The summed E-state index contributed by atoms with van der Waals surface area (Å²) < 4.78 is 0. The van der Waals surface area contributed by atoms with Gasteiger partial charge < -0.3 is 5.11 Å². The Kier molecular flexibility index (Phi) is 10.6. The van der Waals surface area contributed by atoms with Crippen LogP contribution in [0.1, 0.15) is 153 Å². The highest BCUT2D eigenvalue weighted by molar-refractivity contribution is 5.70. The molecule has 3 aliphatic carbocycles. The Morgan fingerprint density at radius 2 is 1.49 bits per heavy atom. The molecule has 0 aliphatic heterocycles. The van der Waals surface area contributed by atoms with Crippen LogP contribution in [0.25, 0.3) is 0 Å². The van der Waals surface area contributed by atoms with E-state index in [0.29, 0.717) is 5.92 Å². The van der Waals surface area contributed by atoms with Gasteiger partial charge in [-0.15, -0.1) is 0 Å². The highest BCUT2D eigenvalue weighted by Crippen LogP contribution is 2.50. The molecule has 208 valence electrons. The molecule has 1 atom stereocenters. The van der Waals surface area contributed by atoms with Crippen molar-refractivity contribution >= 4 is 5.97 Å². The molecule has 0 spiro atoms. The van der Waals surface area contributed by atoms with Crippen LogP contribution in [-0.4, -0.2) is 11.1 Å². The van der Waals surface area contributed by atoms with Crippen LogP contribution in [-0.2, 0) is 10.2 Å². The number of unbranched alkanes of at least 4 members (excludes halogenated alkanes) is 2. The standard InChI is InChI=1S/C35H56O2/c1-4-6-7-10-27-13-15-29(16-14-27)30-19-17-28(18-20-30)26(3)32-11-8-9-12-33(32)35(23-5-2)24-21-31(22-25-35)34(36)37/h8-9,11-12,26-31H,4-7,10,13-25H2,1-3H3,(H,36,37). The first kappa shape index (κ1) is 28.7. The van der Waals surface area contributed by atoms with Crippen LogP contribution in [0.4, 0.5) is 0 Å². The van der Waals surface area contributed by atoms with E-state index in [1.54, 1.807) is 11.1 Å². The van der Waals surface area contributed by atoms with Crippen LogP contribution in [0.3, 0.4) is 0 Å². The monoisotopic (exact) mass is 508 g/mol. The van der Waals surface area contributed by atoms with E-state index in [4.69, 9.17) is 0 Å². The molecule has 3 saturated carbocycles. The second-order valence-corrected chi connectivity index (χ2v) is 13.5. The number of rotatable bonds is 11. The first-order valence-electron chi connectivity index (χ1n) is 16.3. The van der Waals surface area contributed by atoms with E-state index in [1.807, 2.05) is 0 Å². The van der Waals surface area contributed by atoms with Crippen LogP contribution in [0.5, 0.6) is 0 Å². The van der Waals surface area contributed by atoms with Gasteiger partial charge in [-0.1, -0.05) is 90.0 Å². The molecule has 2 nitrogen and oxygen atoms in total. The molecule has 4 rings (SSSR count). The average molecular weight is 509 g/mol. The summed E-state index contributed by atoms with van der Waals surface area (Å²) in [4.78, 5) is 11.7. The molecular formula is C35H56O2. The molecule has 1 aromatic rings. The molecule has 0 amide bonds. The van der Waals surface area contributed by atoms with Gasteiger partial charge in [0, 0.05) is 0 Å². The Hall–Kier alpha value is -1.31. The lowest BCUT2D eigenvalue weighted by Crippen LogP contribution is -2.35. The number of benzene rings is 1. The number of carboxylic acid groups (broad SMARTS) is 1. The maximum Gasteiger partial charge on any atom is 0.306 e. The second kappa shape index (κ2) is 13.7. The van der Waals surface area contributed by atoms with Gasteiger partial charge in [0.25, 0.3) is 0 Å². The predicted octanol–water partition coefficient (Wildman–Crippen LogP) is 10.3. The lowest BCUT2D eigenvalue weighted by molar-refractivity contribution is -0.143. The third-order valence-corrected chi connectivity index (χ3v) is 11.3. The Bertz CT molecular complexity index is 819. The van der Waals surface area contributed by atoms with Gasteiger partial charge in [0.15, 0.2) is 0 Å². The molecule has 1 N–H and O–H groups in total. The molecule has 37 heavy (non-hydrogen) atoms. The maximum atomic E-state index is 11.7. The minimum atomic E-state index is -0.589. The van der Waals surface area contributed by atoms with E-state index in [9.17, 15) is 9.90 Å². The molecule has 0 radical (unpaired) electrons. The van der Waals surface area contributed by atoms with Crippen molar-refractivity contribution in [1.82, 2.24) is 0 Å². The zero-order chi connectivity index (χ0) is 26.3. The first-order valence-corrected chi connectivity index (χ1v) is 16.3. The van der Waals surface area contributed by atoms with Gasteiger partial charge in [-0.3, -0.25) is 4.79 Å². The van der Waals surface area contributed by atoms with E-state index in [2.05, 4.69) is 45.0 Å². The minimum Gasteiger partial charge on any atom is -0.481 e. The fourth-order valence-corrected chi connectivity index (χ4v) is 8.93. The van der Waals surface area contributed by atoms with E-state index >= 15 is 0 Å². The molecule has 0 saturated heterocycles. The van der Waals surface area contributed by atoms with Crippen molar-refractivity contribution in [3.63, 3.8) is 0 Å². The number of carboxylic acids is 1. The van der Waals surface area contributed by atoms with Gasteiger partial charge in [0.1, 0.15) is 0 Å². The summed E-state index contributed by atoms with van der Waals surface area (Å²) in [5.74, 6) is 3.69. The van der Waals surface area contributed by atoms with Gasteiger partial charge in [0.2, 0.25) is 0 Å². The summed E-state index contributed by atoms with van der Waals surface area (Å²) in [6.07, 6.45) is 23.5. The number of hydrogen-bond acceptors (Lipinski definition) is 1. The average Bonchev–Trinajstić information content (AvgIpc) is 2.94. The highest BCUT2D eigenvalue weighted by atomic mass is 16.4. The molecular weight excluding hydrogens is 452 g/mol. The molecule has 0 heterocycles. The molecule has 1 aromatic carbocycles. The Balaban J connectivity index is 1.36. The second-order valence-electron chi connectivity index (χ2n) is 13.5. The predicted molar refractivity (Wildman–Crippen MR) is 156 cm³/mol. The summed E-state index contributed by atoms with van der Waals surface area (Å²) >= 11 is 0. The summed E-state index contributed by atoms with van der Waals surface area (Å²) in [5.41, 5.74) is 3.33. The summed E-state index contributed by atoms with van der Waals surface area (Å²) in [5, 5.41) is 9.59. The topological polar surface area (TPSA) is 37.3 Å². The van der Waals surface area contributed by atoms with E-state index in [-0.39, 0.29) is 11.3 Å². The zero-order valence-electron chi connectivity index (χ0n) is 24.4. The SMILES string of the molecule is CCCCCC1CCC(C2CCC(C(C)c3ccccc3C3(CCC)CCC(C(=O)O)CC3)CC2)CC1. The third kappa shape index (κ3) is 7.02. The molecule has 0 bridgehead atoms. The first-order chi connectivity index (χ1) is 18.0. The van der Waals surface area contributed by atoms with Gasteiger partial charge in [-0.2, -0.15) is 0 Å². The minimum absolute atomic E-state index is 0.142. The maximum absolute atomic E-state index is 11.7. The number of hydrogen-bond donors (Lipinski definition) is 1. The number of aliphatic carboxylic acids is 1. The van der Waals surface area contributed by atoms with Crippen molar-refractivity contribution in [3.05, 3.63) is 35.4 Å². The fraction of sp³-hybridized carbons (Fsp3) is 0.800. The van der Waals surface area contributed by atoms with Crippen LogP contribution in [0.15, 0.2) is 24.3 Å². The molecule has 1 unspecified atom stereocenters. The summed E-state index contributed by atoms with van der Waals surface area (Å²) in [7, 11) is 0. The zero-order valence-corrected chi connectivity index (χ0v) is 24.4. The van der Waals surface area contributed by atoms with Crippen molar-refractivity contribution in [2.45, 2.75) is 148 Å². The Morgan fingerprint density at radius 1 is 0.865 bits per heavy atom. The Morgan fingerprint density at radius 3 is 2.08 bits per heavy atom. The van der Waals surface area contributed by atoms with E-state index in [1.165, 1.54) is 89.9 Å². The summed E-state index contributed by atoms with van der Waals surface area (Å²) in [6, 6.07) is 9.32. The van der Waals surface area contributed by atoms with Gasteiger partial charge >= 0.3 is 5.97 Å². The van der Waals surface area contributed by atoms with Crippen molar-refractivity contribution in [2.24, 2.45) is 29.6 Å². The molecule has 3 fully saturated rings. The summed E-state index contributed by atoms with van der Waals surface area (Å²) in [6.45, 7) is 7.13. The largest absolute Gasteiger partial charge is 0.481 e. The van der Waals surface area contributed by atoms with Crippen molar-refractivity contribution in [3.8, 4) is 0 Å². The highest BCUT2D eigenvalue weighted by Gasteiger charge is 2.41. The molecule has 0 aromatic heterocycles. The van der Waals surface area contributed by atoms with Crippen LogP contribution in [0, 0.1) is 29.6 Å². The quantitative estimate of drug-likeness (QED) is 0.302. The normalized spacial score (nSPS) is 33.6. The van der Waals surface area contributed by atoms with E-state index < -0.39 is 5.97 Å². The van der Waals surface area contributed by atoms with E-state index in [0.717, 1.165) is 49.4 Å². The number of carbonyl (C=O) groups is 1. The van der Waals surface area contributed by atoms with Crippen molar-refractivity contribution in [1.29, 1.82) is 0 Å².